The third kappa shape index (κ3) is 6.25. The molecule has 0 radical (unpaired) electrons. The van der Waals surface area contributed by atoms with Gasteiger partial charge >= 0.3 is 0 Å². The van der Waals surface area contributed by atoms with Gasteiger partial charge in [-0.15, -0.1) is 24.0 Å². The molecule has 6 heteroatoms. The molecular formula is C17H27FIN3O. The molecule has 0 spiro atoms. The van der Waals surface area contributed by atoms with Gasteiger partial charge in [-0.05, 0) is 37.8 Å². The van der Waals surface area contributed by atoms with Gasteiger partial charge in [0.05, 0.1) is 6.10 Å². The van der Waals surface area contributed by atoms with Gasteiger partial charge in [-0.2, -0.15) is 0 Å². The van der Waals surface area contributed by atoms with E-state index in [1.54, 1.807) is 13.1 Å². The smallest absolute Gasteiger partial charge is 0.193 e. The third-order valence-corrected chi connectivity index (χ3v) is 3.99. The van der Waals surface area contributed by atoms with E-state index in [9.17, 15) is 4.39 Å². The Kier molecular flexibility index (Phi) is 9.47. The van der Waals surface area contributed by atoms with Crippen molar-refractivity contribution in [2.75, 3.05) is 33.3 Å². The van der Waals surface area contributed by atoms with Crippen molar-refractivity contribution in [1.29, 1.82) is 0 Å². The van der Waals surface area contributed by atoms with Crippen molar-refractivity contribution in [3.05, 3.63) is 35.6 Å². The van der Waals surface area contributed by atoms with Crippen LogP contribution in [0, 0.1) is 5.82 Å². The third-order valence-electron chi connectivity index (χ3n) is 3.99. The summed E-state index contributed by atoms with van der Waals surface area (Å²) in [4.78, 5) is 6.58. The molecule has 1 saturated heterocycles. The molecule has 1 aromatic carbocycles. The molecule has 1 heterocycles. The Morgan fingerprint density at radius 3 is 2.65 bits per heavy atom. The van der Waals surface area contributed by atoms with Gasteiger partial charge in [0.1, 0.15) is 5.82 Å². The Bertz CT molecular complexity index is 490. The van der Waals surface area contributed by atoms with Crippen LogP contribution in [0.1, 0.15) is 25.3 Å². The quantitative estimate of drug-likeness (QED) is 0.439. The number of hydrogen-bond acceptors (Lipinski definition) is 2. The first kappa shape index (κ1) is 20.2. The highest BCUT2D eigenvalue weighted by atomic mass is 127. The van der Waals surface area contributed by atoms with Crippen LogP contribution in [-0.4, -0.2) is 50.3 Å². The minimum Gasteiger partial charge on any atom is -0.378 e. The highest BCUT2D eigenvalue weighted by Crippen LogP contribution is 2.13. The molecule has 0 amide bonds. The predicted octanol–water partition coefficient (Wildman–Crippen LogP) is 3.06. The van der Waals surface area contributed by atoms with Crippen molar-refractivity contribution in [2.24, 2.45) is 4.99 Å². The second kappa shape index (κ2) is 10.8. The van der Waals surface area contributed by atoms with Gasteiger partial charge < -0.3 is 15.0 Å². The number of aliphatic imine (C=N–C) groups is 1. The Labute approximate surface area is 155 Å². The van der Waals surface area contributed by atoms with Crippen molar-refractivity contribution in [3.8, 4) is 0 Å². The van der Waals surface area contributed by atoms with E-state index in [1.165, 1.54) is 6.07 Å². The lowest BCUT2D eigenvalue weighted by Gasteiger charge is -2.34. The Hall–Kier alpha value is -0.890. The van der Waals surface area contributed by atoms with Gasteiger partial charge in [-0.25, -0.2) is 4.39 Å². The molecule has 4 nitrogen and oxygen atoms in total. The van der Waals surface area contributed by atoms with E-state index in [-0.39, 0.29) is 29.8 Å². The van der Waals surface area contributed by atoms with E-state index in [1.807, 2.05) is 19.1 Å². The second-order valence-corrected chi connectivity index (χ2v) is 5.46. The van der Waals surface area contributed by atoms with Gasteiger partial charge in [-0.1, -0.05) is 18.2 Å². The highest BCUT2D eigenvalue weighted by molar-refractivity contribution is 14.0. The number of nitrogens with zero attached hydrogens (tertiary/aromatic N) is 2. The topological polar surface area (TPSA) is 36.9 Å². The van der Waals surface area contributed by atoms with Crippen LogP contribution in [0.2, 0.25) is 0 Å². The fraction of sp³-hybridized carbons (Fsp3) is 0.588. The number of ether oxygens (including phenoxy) is 1. The van der Waals surface area contributed by atoms with Crippen LogP contribution in [0.15, 0.2) is 29.3 Å². The highest BCUT2D eigenvalue weighted by Gasteiger charge is 2.21. The van der Waals surface area contributed by atoms with Gasteiger partial charge in [0, 0.05) is 33.3 Å². The lowest BCUT2D eigenvalue weighted by Crippen LogP contribution is -2.47. The summed E-state index contributed by atoms with van der Waals surface area (Å²) in [7, 11) is 1.79. The first-order valence-electron chi connectivity index (χ1n) is 8.05. The number of piperidine rings is 1. The minimum atomic E-state index is -0.142. The summed E-state index contributed by atoms with van der Waals surface area (Å²) in [5.74, 6) is 0.753. The first-order chi connectivity index (χ1) is 10.7. The van der Waals surface area contributed by atoms with E-state index in [0.29, 0.717) is 19.1 Å². The van der Waals surface area contributed by atoms with Crippen molar-refractivity contribution in [3.63, 3.8) is 0 Å². The van der Waals surface area contributed by atoms with Gasteiger partial charge in [0.25, 0.3) is 0 Å². The van der Waals surface area contributed by atoms with Crippen LogP contribution in [0.5, 0.6) is 0 Å². The number of halogens is 2. The zero-order chi connectivity index (χ0) is 15.8. The average molecular weight is 435 g/mol. The molecule has 1 N–H and O–H groups in total. The monoisotopic (exact) mass is 435 g/mol. The molecule has 23 heavy (non-hydrogen) atoms. The molecule has 0 aliphatic carbocycles. The summed E-state index contributed by atoms with van der Waals surface area (Å²) in [5, 5.41) is 3.33. The molecule has 0 unspecified atom stereocenters. The minimum absolute atomic E-state index is 0. The zero-order valence-electron chi connectivity index (χ0n) is 13.9. The Balaban J connectivity index is 0.00000264. The maximum Gasteiger partial charge on any atom is 0.193 e. The van der Waals surface area contributed by atoms with Crippen LogP contribution < -0.4 is 5.32 Å². The molecule has 1 fully saturated rings. The van der Waals surface area contributed by atoms with Crippen LogP contribution >= 0.6 is 24.0 Å². The van der Waals surface area contributed by atoms with E-state index in [4.69, 9.17) is 4.74 Å². The molecule has 2 rings (SSSR count). The van der Waals surface area contributed by atoms with E-state index in [0.717, 1.165) is 44.1 Å². The number of nitrogens with one attached hydrogen (secondary N) is 1. The lowest BCUT2D eigenvalue weighted by atomic mass is 10.1. The van der Waals surface area contributed by atoms with Crippen LogP contribution in [0.4, 0.5) is 4.39 Å². The number of benzene rings is 1. The van der Waals surface area contributed by atoms with Crippen molar-refractivity contribution in [1.82, 2.24) is 10.2 Å². The molecule has 0 bridgehead atoms. The van der Waals surface area contributed by atoms with Crippen molar-refractivity contribution in [2.45, 2.75) is 32.3 Å². The van der Waals surface area contributed by atoms with Crippen LogP contribution in [0.25, 0.3) is 0 Å². The average Bonchev–Trinajstić information content (AvgIpc) is 2.54. The molecule has 1 aromatic rings. The molecule has 0 saturated carbocycles. The Morgan fingerprint density at radius 2 is 2.04 bits per heavy atom. The summed E-state index contributed by atoms with van der Waals surface area (Å²) in [6.45, 7) is 5.39. The first-order valence-corrected chi connectivity index (χ1v) is 8.05. The van der Waals surface area contributed by atoms with Crippen molar-refractivity contribution < 1.29 is 9.13 Å². The number of hydrogen-bond donors (Lipinski definition) is 1. The van der Waals surface area contributed by atoms with Gasteiger partial charge in [-0.3, -0.25) is 4.99 Å². The van der Waals surface area contributed by atoms with Gasteiger partial charge in [0.15, 0.2) is 5.96 Å². The van der Waals surface area contributed by atoms with Crippen LogP contribution in [0.3, 0.4) is 0 Å². The molecule has 1 aliphatic heterocycles. The van der Waals surface area contributed by atoms with Gasteiger partial charge in [0.2, 0.25) is 0 Å². The second-order valence-electron chi connectivity index (χ2n) is 5.46. The number of guanidine groups is 1. The largest absolute Gasteiger partial charge is 0.378 e. The molecular weight excluding hydrogens is 408 g/mol. The number of rotatable bonds is 5. The standard InChI is InChI=1S/C17H26FN3O.HI/c1-3-22-15-9-12-21(13-10-15)17(19-2)20-11-8-14-6-4-5-7-16(14)18;/h4-7,15H,3,8-13H2,1-2H3,(H,19,20);1H. The molecule has 1 aliphatic rings. The van der Waals surface area contributed by atoms with Crippen molar-refractivity contribution >= 4 is 29.9 Å². The fourth-order valence-corrected chi connectivity index (χ4v) is 2.81. The molecule has 0 aromatic heterocycles. The fourth-order valence-electron chi connectivity index (χ4n) is 2.81. The summed E-state index contributed by atoms with van der Waals surface area (Å²) in [6, 6.07) is 6.91. The molecule has 130 valence electrons. The predicted molar refractivity (Wildman–Crippen MR) is 103 cm³/mol. The summed E-state index contributed by atoms with van der Waals surface area (Å²) < 4.78 is 19.3. The normalized spacial score (nSPS) is 16.1. The number of likely N-dealkylation sites (tertiary alicyclic amines) is 1. The lowest BCUT2D eigenvalue weighted by molar-refractivity contribution is 0.0264. The summed E-state index contributed by atoms with van der Waals surface area (Å²) in [5.41, 5.74) is 0.737. The zero-order valence-corrected chi connectivity index (χ0v) is 16.3. The van der Waals surface area contributed by atoms with E-state index >= 15 is 0 Å². The van der Waals surface area contributed by atoms with E-state index in [2.05, 4.69) is 15.2 Å². The maximum atomic E-state index is 13.6. The Morgan fingerprint density at radius 1 is 1.35 bits per heavy atom. The SMILES string of the molecule is CCOC1CCN(C(=NC)NCCc2ccccc2F)CC1.I. The molecule has 0 atom stereocenters. The maximum absolute atomic E-state index is 13.6. The summed E-state index contributed by atoms with van der Waals surface area (Å²) >= 11 is 0. The van der Waals surface area contributed by atoms with E-state index < -0.39 is 0 Å². The summed E-state index contributed by atoms with van der Waals surface area (Å²) in [6.07, 6.45) is 3.09. The van der Waals surface area contributed by atoms with Crippen LogP contribution in [-0.2, 0) is 11.2 Å².